The first-order chi connectivity index (χ1) is 13.0. The van der Waals surface area contributed by atoms with Gasteiger partial charge < -0.3 is 10.6 Å². The second-order valence-electron chi connectivity index (χ2n) is 6.26. The number of halogens is 2. The van der Waals surface area contributed by atoms with Gasteiger partial charge in [0.2, 0.25) is 0 Å². The first-order valence-corrected chi connectivity index (χ1v) is 9.43. The largest absolute Gasteiger partial charge is 0.322 e. The van der Waals surface area contributed by atoms with Crippen molar-refractivity contribution < 1.29 is 4.79 Å². The van der Waals surface area contributed by atoms with Gasteiger partial charge in [-0.2, -0.15) is 0 Å². The summed E-state index contributed by atoms with van der Waals surface area (Å²) in [6.07, 6.45) is 0. The smallest absolute Gasteiger partial charge is 0.257 e. The highest BCUT2D eigenvalue weighted by Gasteiger charge is 2.11. The number of amides is 1. The number of hydrogen-bond acceptors (Lipinski definition) is 2. The van der Waals surface area contributed by atoms with E-state index in [1.807, 2.05) is 48.5 Å². The van der Waals surface area contributed by atoms with Crippen LogP contribution in [0.15, 0.2) is 72.8 Å². The Balaban J connectivity index is 1.65. The van der Waals surface area contributed by atoms with E-state index in [2.05, 4.69) is 17.6 Å². The average molecular weight is 399 g/mol. The molecule has 0 aliphatic carbocycles. The lowest BCUT2D eigenvalue weighted by atomic mass is 10.1. The molecule has 0 fully saturated rings. The lowest BCUT2D eigenvalue weighted by Crippen LogP contribution is -2.18. The normalized spacial score (nSPS) is 11.8. The van der Waals surface area contributed by atoms with Crippen molar-refractivity contribution in [3.8, 4) is 0 Å². The van der Waals surface area contributed by atoms with Crippen molar-refractivity contribution >= 4 is 34.8 Å². The SMILES string of the molecule is CC(NCc1cccc(NC(=O)c2ccccc2Cl)c1)c1ccccc1Cl. The molecule has 0 aliphatic rings. The fourth-order valence-electron chi connectivity index (χ4n) is 2.81. The van der Waals surface area contributed by atoms with Crippen molar-refractivity contribution in [1.82, 2.24) is 5.32 Å². The van der Waals surface area contributed by atoms with Gasteiger partial charge in [0.05, 0.1) is 10.6 Å². The molecule has 0 saturated heterocycles. The summed E-state index contributed by atoms with van der Waals surface area (Å²) in [7, 11) is 0. The molecule has 0 radical (unpaired) electrons. The number of hydrogen-bond donors (Lipinski definition) is 2. The minimum absolute atomic E-state index is 0.111. The molecule has 2 N–H and O–H groups in total. The zero-order valence-corrected chi connectivity index (χ0v) is 16.4. The zero-order chi connectivity index (χ0) is 19.2. The van der Waals surface area contributed by atoms with Crippen LogP contribution < -0.4 is 10.6 Å². The van der Waals surface area contributed by atoms with E-state index in [0.717, 1.165) is 21.8 Å². The molecule has 3 nitrogen and oxygen atoms in total. The van der Waals surface area contributed by atoms with E-state index in [1.165, 1.54) is 0 Å². The summed E-state index contributed by atoms with van der Waals surface area (Å²) in [5.74, 6) is -0.227. The number of carbonyl (C=O) groups is 1. The van der Waals surface area contributed by atoms with E-state index in [1.54, 1.807) is 24.3 Å². The van der Waals surface area contributed by atoms with Crippen LogP contribution >= 0.6 is 23.2 Å². The van der Waals surface area contributed by atoms with Crippen LogP contribution in [0, 0.1) is 0 Å². The standard InChI is InChI=1S/C22H20Cl2N2O/c1-15(18-9-2-4-11-20(18)23)25-14-16-7-6-8-17(13-16)26-22(27)19-10-3-5-12-21(19)24/h2-13,15,25H,14H2,1H3,(H,26,27). The molecule has 5 heteroatoms. The summed E-state index contributed by atoms with van der Waals surface area (Å²) in [6, 6.07) is 22.6. The van der Waals surface area contributed by atoms with E-state index in [-0.39, 0.29) is 11.9 Å². The Morgan fingerprint density at radius 2 is 1.63 bits per heavy atom. The van der Waals surface area contributed by atoms with Gasteiger partial charge in [-0.15, -0.1) is 0 Å². The Morgan fingerprint density at radius 1 is 0.926 bits per heavy atom. The fraction of sp³-hybridized carbons (Fsp3) is 0.136. The molecule has 0 saturated carbocycles. The second-order valence-corrected chi connectivity index (χ2v) is 7.07. The molecule has 3 aromatic rings. The molecular weight excluding hydrogens is 379 g/mol. The summed E-state index contributed by atoms with van der Waals surface area (Å²) in [5, 5.41) is 7.53. The number of benzene rings is 3. The Labute approximate surface area is 169 Å². The van der Waals surface area contributed by atoms with Crippen molar-refractivity contribution in [3.63, 3.8) is 0 Å². The van der Waals surface area contributed by atoms with Crippen LogP contribution in [0.5, 0.6) is 0 Å². The molecule has 0 bridgehead atoms. The van der Waals surface area contributed by atoms with E-state index in [0.29, 0.717) is 17.1 Å². The van der Waals surface area contributed by atoms with Gasteiger partial charge in [0, 0.05) is 23.3 Å². The third-order valence-corrected chi connectivity index (χ3v) is 4.96. The van der Waals surface area contributed by atoms with Crippen LogP contribution in [-0.4, -0.2) is 5.91 Å². The summed E-state index contributed by atoms with van der Waals surface area (Å²) in [4.78, 5) is 12.4. The Bertz CT molecular complexity index is 943. The van der Waals surface area contributed by atoms with E-state index in [4.69, 9.17) is 23.2 Å². The topological polar surface area (TPSA) is 41.1 Å². The molecule has 1 amide bonds. The molecule has 0 aromatic heterocycles. The van der Waals surface area contributed by atoms with Crippen LogP contribution in [0.2, 0.25) is 10.0 Å². The number of nitrogens with one attached hydrogen (secondary N) is 2. The van der Waals surface area contributed by atoms with Gasteiger partial charge in [0.15, 0.2) is 0 Å². The molecule has 0 spiro atoms. The van der Waals surface area contributed by atoms with E-state index < -0.39 is 0 Å². The molecule has 0 heterocycles. The van der Waals surface area contributed by atoms with Gasteiger partial charge >= 0.3 is 0 Å². The summed E-state index contributed by atoms with van der Waals surface area (Å²) in [6.45, 7) is 2.73. The van der Waals surface area contributed by atoms with Gasteiger partial charge in [-0.1, -0.05) is 65.7 Å². The van der Waals surface area contributed by atoms with Crippen LogP contribution in [0.1, 0.15) is 34.5 Å². The fourth-order valence-corrected chi connectivity index (χ4v) is 3.33. The van der Waals surface area contributed by atoms with Crippen LogP contribution in [-0.2, 0) is 6.54 Å². The lowest BCUT2D eigenvalue weighted by Gasteiger charge is -2.16. The van der Waals surface area contributed by atoms with Gasteiger partial charge in [0.25, 0.3) is 5.91 Å². The maximum atomic E-state index is 12.4. The van der Waals surface area contributed by atoms with Crippen LogP contribution in [0.25, 0.3) is 0 Å². The van der Waals surface area contributed by atoms with Gasteiger partial charge in [-0.05, 0) is 48.4 Å². The van der Waals surface area contributed by atoms with Crippen molar-refractivity contribution in [2.24, 2.45) is 0 Å². The number of anilines is 1. The summed E-state index contributed by atoms with van der Waals surface area (Å²) >= 11 is 12.3. The third kappa shape index (κ3) is 5.10. The molecule has 138 valence electrons. The summed E-state index contributed by atoms with van der Waals surface area (Å²) in [5.41, 5.74) is 3.30. The lowest BCUT2D eigenvalue weighted by molar-refractivity contribution is 0.102. The van der Waals surface area contributed by atoms with E-state index in [9.17, 15) is 4.79 Å². The molecule has 27 heavy (non-hydrogen) atoms. The van der Waals surface area contributed by atoms with Gasteiger partial charge in [-0.25, -0.2) is 0 Å². The third-order valence-electron chi connectivity index (χ3n) is 4.29. The molecule has 1 unspecified atom stereocenters. The Morgan fingerprint density at radius 3 is 2.37 bits per heavy atom. The maximum absolute atomic E-state index is 12.4. The molecule has 1 atom stereocenters. The van der Waals surface area contributed by atoms with Gasteiger partial charge in [0.1, 0.15) is 0 Å². The molecular formula is C22H20Cl2N2O. The first kappa shape index (κ1) is 19.4. The van der Waals surface area contributed by atoms with Crippen molar-refractivity contribution in [2.75, 3.05) is 5.32 Å². The number of carbonyl (C=O) groups excluding carboxylic acids is 1. The number of rotatable bonds is 6. The highest BCUT2D eigenvalue weighted by molar-refractivity contribution is 6.34. The predicted octanol–water partition coefficient (Wildman–Crippen LogP) is 6.10. The Kier molecular flexibility index (Phi) is 6.51. The van der Waals surface area contributed by atoms with E-state index >= 15 is 0 Å². The molecule has 3 rings (SSSR count). The molecule has 0 aliphatic heterocycles. The Hall–Kier alpha value is -2.33. The zero-order valence-electron chi connectivity index (χ0n) is 14.9. The van der Waals surface area contributed by atoms with Crippen molar-refractivity contribution in [2.45, 2.75) is 19.5 Å². The monoisotopic (exact) mass is 398 g/mol. The van der Waals surface area contributed by atoms with Crippen molar-refractivity contribution in [3.05, 3.63) is 99.5 Å². The highest BCUT2D eigenvalue weighted by Crippen LogP contribution is 2.23. The average Bonchev–Trinajstić information content (AvgIpc) is 2.67. The maximum Gasteiger partial charge on any atom is 0.257 e. The minimum atomic E-state index is -0.227. The molecule has 3 aromatic carbocycles. The second kappa shape index (κ2) is 9.05. The first-order valence-electron chi connectivity index (χ1n) is 8.67. The predicted molar refractivity (Wildman–Crippen MR) is 113 cm³/mol. The minimum Gasteiger partial charge on any atom is -0.322 e. The van der Waals surface area contributed by atoms with Crippen LogP contribution in [0.4, 0.5) is 5.69 Å². The van der Waals surface area contributed by atoms with Crippen LogP contribution in [0.3, 0.4) is 0 Å². The quantitative estimate of drug-likeness (QED) is 0.526. The summed E-state index contributed by atoms with van der Waals surface area (Å²) < 4.78 is 0. The highest BCUT2D eigenvalue weighted by atomic mass is 35.5. The van der Waals surface area contributed by atoms with Gasteiger partial charge in [-0.3, -0.25) is 4.79 Å². The van der Waals surface area contributed by atoms with Crippen molar-refractivity contribution in [1.29, 1.82) is 0 Å².